The third-order valence-corrected chi connectivity index (χ3v) is 3.62. The second-order valence-corrected chi connectivity index (χ2v) is 6.39. The summed E-state index contributed by atoms with van der Waals surface area (Å²) >= 11 is 0. The summed E-state index contributed by atoms with van der Waals surface area (Å²) in [5, 5.41) is 0. The maximum absolute atomic E-state index is 11.4. The smallest absolute Gasteiger partial charge is 0.309 e. The normalized spacial score (nSPS) is 15.2. The zero-order valence-electron chi connectivity index (χ0n) is 13.3. The van der Waals surface area contributed by atoms with Crippen LogP contribution < -0.4 is 0 Å². The lowest BCUT2D eigenvalue weighted by Crippen LogP contribution is -2.21. The van der Waals surface area contributed by atoms with Gasteiger partial charge in [-0.25, -0.2) is 0 Å². The molecule has 0 bridgehead atoms. The summed E-state index contributed by atoms with van der Waals surface area (Å²) in [5.41, 5.74) is 4.66. The molecule has 1 aromatic carbocycles. The molecule has 1 aromatic rings. The van der Waals surface area contributed by atoms with Crippen LogP contribution in [0.3, 0.4) is 0 Å². The number of dihydropyridines is 1. The fraction of sp³-hybridized carbons (Fsp3) is 0.444. The van der Waals surface area contributed by atoms with Crippen LogP contribution in [0.15, 0.2) is 35.3 Å². The minimum Gasteiger partial charge on any atom is -0.469 e. The maximum atomic E-state index is 11.4. The fourth-order valence-electron chi connectivity index (χ4n) is 2.38. The number of esters is 1. The van der Waals surface area contributed by atoms with Crippen LogP contribution in [-0.4, -0.2) is 25.3 Å². The van der Waals surface area contributed by atoms with Crippen molar-refractivity contribution in [2.75, 3.05) is 13.7 Å². The number of hydrogen-bond donors (Lipinski definition) is 0. The first-order chi connectivity index (χ1) is 9.90. The number of methoxy groups -OCH3 is 1. The molecule has 0 aromatic heterocycles. The molecule has 3 nitrogen and oxygen atoms in total. The number of benzene rings is 1. The number of aliphatic imine (C=N–C) groups is 1. The van der Waals surface area contributed by atoms with Gasteiger partial charge in [-0.05, 0) is 29.2 Å². The molecular weight excluding hydrogens is 262 g/mol. The van der Waals surface area contributed by atoms with Gasteiger partial charge in [0.05, 0.1) is 13.5 Å². The van der Waals surface area contributed by atoms with Gasteiger partial charge in [-0.15, -0.1) is 0 Å². The number of allylic oxidation sites excluding steroid dienone is 1. The second kappa shape index (κ2) is 6.25. The Morgan fingerprint density at radius 1 is 1.33 bits per heavy atom. The standard InChI is InChI=1S/C18H23NO2/c1-18(2,3)16-12-15(8-9-19-16)14-7-5-6-13(10-14)11-17(20)21-4/h5-7,10,12H,8-9,11H2,1-4H3. The minimum absolute atomic E-state index is 0.0648. The highest BCUT2D eigenvalue weighted by Crippen LogP contribution is 2.27. The number of hydrogen-bond acceptors (Lipinski definition) is 3. The largest absolute Gasteiger partial charge is 0.469 e. The lowest BCUT2D eigenvalue weighted by molar-refractivity contribution is -0.139. The zero-order valence-corrected chi connectivity index (χ0v) is 13.3. The zero-order chi connectivity index (χ0) is 15.5. The lowest BCUT2D eigenvalue weighted by Gasteiger charge is -2.23. The summed E-state index contributed by atoms with van der Waals surface area (Å²) in [6, 6.07) is 8.13. The predicted molar refractivity (Wildman–Crippen MR) is 86.5 cm³/mol. The first-order valence-corrected chi connectivity index (χ1v) is 7.32. The van der Waals surface area contributed by atoms with E-state index in [1.807, 2.05) is 12.1 Å². The Labute approximate surface area is 126 Å². The van der Waals surface area contributed by atoms with E-state index in [1.54, 1.807) is 0 Å². The minimum atomic E-state index is -0.207. The Morgan fingerprint density at radius 3 is 2.76 bits per heavy atom. The molecule has 1 aliphatic heterocycles. The monoisotopic (exact) mass is 285 g/mol. The van der Waals surface area contributed by atoms with Gasteiger partial charge in [0.15, 0.2) is 0 Å². The third kappa shape index (κ3) is 4.03. The van der Waals surface area contributed by atoms with Gasteiger partial charge in [0.1, 0.15) is 0 Å². The van der Waals surface area contributed by atoms with E-state index in [2.05, 4.69) is 44.0 Å². The van der Waals surface area contributed by atoms with Crippen LogP contribution in [-0.2, 0) is 16.0 Å². The van der Waals surface area contributed by atoms with Gasteiger partial charge in [-0.1, -0.05) is 45.0 Å². The molecule has 0 unspecified atom stereocenters. The average molecular weight is 285 g/mol. The number of nitrogens with zero attached hydrogens (tertiary/aromatic N) is 1. The summed E-state index contributed by atoms with van der Waals surface area (Å²) in [6.45, 7) is 7.37. The van der Waals surface area contributed by atoms with E-state index in [9.17, 15) is 4.79 Å². The summed E-state index contributed by atoms with van der Waals surface area (Å²) < 4.78 is 4.73. The van der Waals surface area contributed by atoms with Crippen molar-refractivity contribution in [3.05, 3.63) is 41.5 Å². The molecule has 0 fully saturated rings. The maximum Gasteiger partial charge on any atom is 0.309 e. The number of carbonyl (C=O) groups excluding carboxylic acids is 1. The quantitative estimate of drug-likeness (QED) is 0.795. The third-order valence-electron chi connectivity index (χ3n) is 3.62. The van der Waals surface area contributed by atoms with Crippen LogP contribution in [0.25, 0.3) is 5.57 Å². The van der Waals surface area contributed by atoms with Crippen LogP contribution in [0.2, 0.25) is 0 Å². The highest BCUT2D eigenvalue weighted by Gasteiger charge is 2.20. The van der Waals surface area contributed by atoms with Crippen LogP contribution in [0, 0.1) is 5.41 Å². The van der Waals surface area contributed by atoms with Crippen LogP contribution in [0.5, 0.6) is 0 Å². The Bertz CT molecular complexity index is 591. The molecule has 0 saturated heterocycles. The summed E-state index contributed by atoms with van der Waals surface area (Å²) in [7, 11) is 1.42. The molecule has 0 atom stereocenters. The molecule has 112 valence electrons. The van der Waals surface area contributed by atoms with Crippen molar-refractivity contribution in [3.8, 4) is 0 Å². The summed E-state index contributed by atoms with van der Waals surface area (Å²) in [4.78, 5) is 16.0. The van der Waals surface area contributed by atoms with Crippen molar-refractivity contribution in [1.29, 1.82) is 0 Å². The van der Waals surface area contributed by atoms with E-state index in [0.29, 0.717) is 6.42 Å². The molecule has 3 heteroatoms. The SMILES string of the molecule is COC(=O)Cc1cccc(C2=CC(C(C)(C)C)=NCC2)c1. The van der Waals surface area contributed by atoms with Crippen molar-refractivity contribution >= 4 is 17.3 Å². The molecule has 0 saturated carbocycles. The van der Waals surface area contributed by atoms with E-state index in [0.717, 1.165) is 24.2 Å². The number of ether oxygens (including phenoxy) is 1. The highest BCUT2D eigenvalue weighted by atomic mass is 16.5. The van der Waals surface area contributed by atoms with Crippen LogP contribution >= 0.6 is 0 Å². The molecule has 0 aliphatic carbocycles. The van der Waals surface area contributed by atoms with Gasteiger partial charge in [-0.2, -0.15) is 0 Å². The van der Waals surface area contributed by atoms with E-state index in [-0.39, 0.29) is 11.4 Å². The Hall–Kier alpha value is -1.90. The molecule has 1 heterocycles. The predicted octanol–water partition coefficient (Wildman–Crippen LogP) is 3.68. The number of rotatable bonds is 3. The van der Waals surface area contributed by atoms with Gasteiger partial charge in [0.25, 0.3) is 0 Å². The van der Waals surface area contributed by atoms with E-state index >= 15 is 0 Å². The summed E-state index contributed by atoms with van der Waals surface area (Å²) in [5.74, 6) is -0.207. The molecule has 21 heavy (non-hydrogen) atoms. The van der Waals surface area contributed by atoms with Crippen molar-refractivity contribution < 1.29 is 9.53 Å². The van der Waals surface area contributed by atoms with Gasteiger partial charge in [0.2, 0.25) is 0 Å². The van der Waals surface area contributed by atoms with Crippen LogP contribution in [0.4, 0.5) is 0 Å². The molecule has 0 spiro atoms. The van der Waals surface area contributed by atoms with Crippen molar-refractivity contribution in [2.24, 2.45) is 10.4 Å². The van der Waals surface area contributed by atoms with E-state index < -0.39 is 0 Å². The first kappa shape index (κ1) is 15.5. The Balaban J connectivity index is 2.26. The summed E-state index contributed by atoms with van der Waals surface area (Å²) in [6.07, 6.45) is 3.46. The Morgan fingerprint density at radius 2 is 2.10 bits per heavy atom. The Kier molecular flexibility index (Phi) is 4.61. The molecule has 0 amide bonds. The molecule has 0 N–H and O–H groups in total. The van der Waals surface area contributed by atoms with Crippen LogP contribution in [0.1, 0.15) is 38.3 Å². The average Bonchev–Trinajstić information content (AvgIpc) is 2.46. The second-order valence-electron chi connectivity index (χ2n) is 6.39. The van der Waals surface area contributed by atoms with E-state index in [1.165, 1.54) is 18.2 Å². The topological polar surface area (TPSA) is 38.7 Å². The van der Waals surface area contributed by atoms with Crippen molar-refractivity contribution in [1.82, 2.24) is 0 Å². The van der Waals surface area contributed by atoms with Gasteiger partial charge in [0, 0.05) is 17.7 Å². The lowest BCUT2D eigenvalue weighted by atomic mass is 9.85. The van der Waals surface area contributed by atoms with Gasteiger partial charge in [-0.3, -0.25) is 9.79 Å². The van der Waals surface area contributed by atoms with Gasteiger partial charge >= 0.3 is 5.97 Å². The van der Waals surface area contributed by atoms with E-state index in [4.69, 9.17) is 4.74 Å². The first-order valence-electron chi connectivity index (χ1n) is 7.32. The molecular formula is C18H23NO2. The number of carbonyl (C=O) groups is 1. The molecule has 0 radical (unpaired) electrons. The fourth-order valence-corrected chi connectivity index (χ4v) is 2.38. The molecule has 1 aliphatic rings. The highest BCUT2D eigenvalue weighted by molar-refractivity contribution is 6.05. The van der Waals surface area contributed by atoms with Crippen molar-refractivity contribution in [3.63, 3.8) is 0 Å². The van der Waals surface area contributed by atoms with Crippen molar-refractivity contribution in [2.45, 2.75) is 33.6 Å². The molecule has 2 rings (SSSR count). The van der Waals surface area contributed by atoms with Gasteiger partial charge < -0.3 is 4.74 Å².